The fraction of sp³-hybridized carbons (Fsp3) is 0.700. The van der Waals surface area contributed by atoms with Crippen LogP contribution in [0.25, 0.3) is 0 Å². The second kappa shape index (κ2) is 23.3. The van der Waals surface area contributed by atoms with Crippen molar-refractivity contribution in [3.05, 3.63) is 63.1 Å². The van der Waals surface area contributed by atoms with Gasteiger partial charge < -0.3 is 23.7 Å². The first-order chi connectivity index (χ1) is 23.0. The minimum absolute atomic E-state index is 0.0187. The summed E-state index contributed by atoms with van der Waals surface area (Å²) in [6, 6.07) is 13.3. The van der Waals surface area contributed by atoms with Crippen LogP contribution in [0.3, 0.4) is 0 Å². The van der Waals surface area contributed by atoms with Gasteiger partial charge in [0.15, 0.2) is 0 Å². The van der Waals surface area contributed by atoms with E-state index in [0.29, 0.717) is 26.4 Å². The Morgan fingerprint density at radius 2 is 1.21 bits per heavy atom. The van der Waals surface area contributed by atoms with Gasteiger partial charge in [-0.2, -0.15) is 0 Å². The van der Waals surface area contributed by atoms with Gasteiger partial charge in [0.25, 0.3) is 0 Å². The molecule has 0 spiro atoms. The molecule has 2 aromatic carbocycles. The van der Waals surface area contributed by atoms with Gasteiger partial charge in [-0.3, -0.25) is 0 Å². The maximum atomic E-state index is 6.92. The highest BCUT2D eigenvalue weighted by molar-refractivity contribution is 9.10. The van der Waals surface area contributed by atoms with Gasteiger partial charge in [0.05, 0.1) is 23.7 Å². The molecule has 0 bridgehead atoms. The quantitative estimate of drug-likeness (QED) is 0.100. The zero-order chi connectivity index (χ0) is 33.9. The summed E-state index contributed by atoms with van der Waals surface area (Å²) in [5.74, 6) is 0.973. The van der Waals surface area contributed by atoms with Crippen molar-refractivity contribution >= 4 is 27.7 Å². The predicted molar refractivity (Wildman–Crippen MR) is 202 cm³/mol. The van der Waals surface area contributed by atoms with E-state index < -0.39 is 0 Å². The average molecular weight is 736 g/mol. The second-order valence-corrected chi connectivity index (χ2v) is 15.2. The van der Waals surface area contributed by atoms with Crippen LogP contribution < -0.4 is 4.74 Å². The monoisotopic (exact) mass is 734 g/mol. The molecule has 0 radical (unpaired) electrons. The lowest BCUT2D eigenvalue weighted by molar-refractivity contribution is -0.149. The molecule has 0 aliphatic carbocycles. The summed E-state index contributed by atoms with van der Waals surface area (Å²) in [5, 5.41) is 0.135. The topological polar surface area (TPSA) is 46.2 Å². The molecule has 1 aliphatic rings. The third-order valence-electron chi connectivity index (χ3n) is 8.82. The molecule has 5 nitrogen and oxygen atoms in total. The highest BCUT2D eigenvalue weighted by Crippen LogP contribution is 2.50. The van der Waals surface area contributed by atoms with E-state index in [-0.39, 0.29) is 28.8 Å². The van der Waals surface area contributed by atoms with Crippen LogP contribution in [0, 0.1) is 6.92 Å². The van der Waals surface area contributed by atoms with Crippen molar-refractivity contribution < 1.29 is 23.7 Å². The number of halogens is 1. The van der Waals surface area contributed by atoms with Crippen LogP contribution in [-0.2, 0) is 25.4 Å². The Labute approximate surface area is 299 Å². The van der Waals surface area contributed by atoms with Crippen LogP contribution >= 0.6 is 27.7 Å². The van der Waals surface area contributed by atoms with Gasteiger partial charge in [0, 0.05) is 36.5 Å². The van der Waals surface area contributed by atoms with Gasteiger partial charge in [0.2, 0.25) is 0 Å². The zero-order valence-electron chi connectivity index (χ0n) is 30.2. The van der Waals surface area contributed by atoms with Gasteiger partial charge in [-0.25, -0.2) is 0 Å². The minimum atomic E-state index is -0.194. The van der Waals surface area contributed by atoms with E-state index in [9.17, 15) is 0 Å². The number of hydrogen-bond acceptors (Lipinski definition) is 6. The number of aryl methyl sites for hydroxylation is 1. The summed E-state index contributed by atoms with van der Waals surface area (Å²) in [6.45, 7) is 17.5. The van der Waals surface area contributed by atoms with E-state index in [4.69, 9.17) is 23.7 Å². The van der Waals surface area contributed by atoms with Crippen molar-refractivity contribution in [3.8, 4) is 5.75 Å². The van der Waals surface area contributed by atoms with Gasteiger partial charge in [-0.1, -0.05) is 101 Å². The predicted octanol–water partition coefficient (Wildman–Crippen LogP) is 11.1. The van der Waals surface area contributed by atoms with Crippen LogP contribution in [0.4, 0.5) is 0 Å². The van der Waals surface area contributed by atoms with E-state index in [1.807, 2.05) is 11.8 Å². The summed E-state index contributed by atoms with van der Waals surface area (Å²) < 4.78 is 34.6. The standard InChI is InChI=1S/C40H63BrO5S/c1-7-12-21-42-29-36-37(44-23-14-9-3)38(45-24-15-10-4)39(46-25-16-11-5)40(47-36)34-28-32(27-31-17-19-33(41)20-18-31)30(6)26-35(34)43-22-13-8-2/h17-20,26,28,36-40H,7-16,21-25,27,29H2,1-6H3/t36-,37-,38+,39-,40+/m1/s1. The molecule has 0 N–H and O–H groups in total. The highest BCUT2D eigenvalue weighted by Gasteiger charge is 2.49. The van der Waals surface area contributed by atoms with Crippen molar-refractivity contribution in [1.82, 2.24) is 0 Å². The fourth-order valence-corrected chi connectivity index (χ4v) is 7.76. The number of ether oxygens (including phenoxy) is 5. The van der Waals surface area contributed by atoms with E-state index in [0.717, 1.165) is 94.1 Å². The molecule has 1 heterocycles. The molecule has 2 aromatic rings. The molecule has 0 aromatic heterocycles. The van der Waals surface area contributed by atoms with Crippen molar-refractivity contribution in [2.45, 2.75) is 141 Å². The van der Waals surface area contributed by atoms with Crippen molar-refractivity contribution in [2.75, 3.05) is 39.6 Å². The van der Waals surface area contributed by atoms with Gasteiger partial charge >= 0.3 is 0 Å². The third-order valence-corrected chi connectivity index (χ3v) is 10.9. The Hall–Kier alpha value is -1.09. The third kappa shape index (κ3) is 13.3. The lowest BCUT2D eigenvalue weighted by Crippen LogP contribution is -2.55. The molecule has 47 heavy (non-hydrogen) atoms. The van der Waals surface area contributed by atoms with Crippen molar-refractivity contribution in [2.24, 2.45) is 0 Å². The number of rotatable bonds is 24. The Morgan fingerprint density at radius 3 is 1.83 bits per heavy atom. The SMILES string of the molecule is CCCCOC[C@H]1S[C@@H](c2cc(Cc3ccc(Br)cc3)c(C)cc2OCCCC)[C@H](OCCCC)[C@@H](OCCCC)[C@@H]1OCCCC. The number of thioether (sulfide) groups is 1. The number of unbranched alkanes of at least 4 members (excludes halogenated alkanes) is 5. The first-order valence-corrected chi connectivity index (χ1v) is 20.3. The fourth-order valence-electron chi connectivity index (χ4n) is 5.84. The van der Waals surface area contributed by atoms with Gasteiger partial charge in [-0.15, -0.1) is 11.8 Å². The Bertz CT molecular complexity index is 1110. The lowest BCUT2D eigenvalue weighted by atomic mass is 9.91. The van der Waals surface area contributed by atoms with Crippen LogP contribution in [0.15, 0.2) is 40.9 Å². The Kier molecular flexibility index (Phi) is 20.0. The molecule has 0 unspecified atom stereocenters. The first-order valence-electron chi connectivity index (χ1n) is 18.6. The molecule has 7 heteroatoms. The van der Waals surface area contributed by atoms with E-state index >= 15 is 0 Å². The Balaban J connectivity index is 2.12. The van der Waals surface area contributed by atoms with E-state index in [1.165, 1.54) is 22.3 Å². The first kappa shape index (κ1) is 40.3. The Morgan fingerprint density at radius 1 is 0.660 bits per heavy atom. The molecule has 266 valence electrons. The second-order valence-electron chi connectivity index (χ2n) is 12.9. The molecule has 1 fully saturated rings. The van der Waals surface area contributed by atoms with E-state index in [2.05, 4.69) is 93.9 Å². The smallest absolute Gasteiger partial charge is 0.123 e. The minimum Gasteiger partial charge on any atom is -0.493 e. The molecule has 1 aliphatic heterocycles. The number of hydrogen-bond donors (Lipinski definition) is 0. The summed E-state index contributed by atoms with van der Waals surface area (Å²) in [7, 11) is 0. The van der Waals surface area contributed by atoms with Gasteiger partial charge in [0.1, 0.15) is 24.1 Å². The molecule has 3 rings (SSSR count). The summed E-state index contributed by atoms with van der Waals surface area (Å²) in [4.78, 5) is 0. The average Bonchev–Trinajstić information content (AvgIpc) is 3.07. The molecule has 0 amide bonds. The summed E-state index contributed by atoms with van der Waals surface area (Å²) >= 11 is 5.55. The molecule has 0 saturated carbocycles. The summed E-state index contributed by atoms with van der Waals surface area (Å²) in [5.41, 5.74) is 5.07. The van der Waals surface area contributed by atoms with Gasteiger partial charge in [-0.05, 0) is 80.3 Å². The van der Waals surface area contributed by atoms with Crippen LogP contribution in [0.5, 0.6) is 5.75 Å². The maximum absolute atomic E-state index is 6.92. The lowest BCUT2D eigenvalue weighted by Gasteiger charge is -2.46. The zero-order valence-corrected chi connectivity index (χ0v) is 32.6. The normalized spacial score (nSPS) is 21.3. The molecular weight excluding hydrogens is 672 g/mol. The molecule has 1 saturated heterocycles. The number of benzene rings is 2. The largest absolute Gasteiger partial charge is 0.493 e. The molecule has 5 atom stereocenters. The van der Waals surface area contributed by atoms with Crippen molar-refractivity contribution in [1.29, 1.82) is 0 Å². The van der Waals surface area contributed by atoms with E-state index in [1.54, 1.807) is 0 Å². The van der Waals surface area contributed by atoms with Crippen LogP contribution in [0.1, 0.15) is 126 Å². The maximum Gasteiger partial charge on any atom is 0.123 e. The summed E-state index contributed by atoms with van der Waals surface area (Å²) in [6.07, 6.45) is 11.0. The van der Waals surface area contributed by atoms with Crippen LogP contribution in [0.2, 0.25) is 0 Å². The van der Waals surface area contributed by atoms with Crippen LogP contribution in [-0.4, -0.2) is 63.2 Å². The molecular formula is C40H63BrO5S. The highest BCUT2D eigenvalue weighted by atomic mass is 79.9. The van der Waals surface area contributed by atoms with Crippen molar-refractivity contribution in [3.63, 3.8) is 0 Å².